The Labute approximate surface area is 133 Å². The van der Waals surface area contributed by atoms with Gasteiger partial charge in [-0.25, -0.2) is 0 Å². The van der Waals surface area contributed by atoms with Gasteiger partial charge in [0.2, 0.25) is 5.91 Å². The summed E-state index contributed by atoms with van der Waals surface area (Å²) >= 11 is 3.39. The third kappa shape index (κ3) is 3.12. The van der Waals surface area contributed by atoms with Crippen LogP contribution in [0.3, 0.4) is 0 Å². The number of rotatable bonds is 2. The lowest BCUT2D eigenvalue weighted by Crippen LogP contribution is -2.52. The number of nitrogens with zero attached hydrogens (tertiary/aromatic N) is 2. The normalized spacial score (nSPS) is 19.3. The van der Waals surface area contributed by atoms with Gasteiger partial charge in [-0.2, -0.15) is 0 Å². The molecule has 0 radical (unpaired) electrons. The van der Waals surface area contributed by atoms with Crippen LogP contribution in [0.4, 0.5) is 0 Å². The molecule has 0 aromatic heterocycles. The van der Waals surface area contributed by atoms with Crippen molar-refractivity contribution in [2.45, 2.75) is 19.3 Å². The average Bonchev–Trinajstić information content (AvgIpc) is 2.45. The van der Waals surface area contributed by atoms with Gasteiger partial charge < -0.3 is 9.80 Å². The van der Waals surface area contributed by atoms with Crippen molar-refractivity contribution in [2.24, 2.45) is 5.92 Å². The highest BCUT2D eigenvalue weighted by atomic mass is 79.9. The molecule has 2 aliphatic rings. The molecule has 4 nitrogen and oxygen atoms in total. The van der Waals surface area contributed by atoms with E-state index < -0.39 is 0 Å². The van der Waals surface area contributed by atoms with Gasteiger partial charge in [0.1, 0.15) is 0 Å². The number of carbonyl (C=O) groups is 2. The smallest absolute Gasteiger partial charge is 0.254 e. The number of halogens is 1. The molecule has 3 rings (SSSR count). The van der Waals surface area contributed by atoms with Crippen LogP contribution in [0.15, 0.2) is 28.7 Å². The molecule has 0 N–H and O–H groups in total. The molecule has 1 aromatic rings. The van der Waals surface area contributed by atoms with E-state index in [2.05, 4.69) is 15.9 Å². The third-order valence-electron chi connectivity index (χ3n) is 4.40. The molecule has 112 valence electrons. The second-order valence-electron chi connectivity index (χ2n) is 5.76. The molecular weight excluding hydrogens is 332 g/mol. The maximum atomic E-state index is 12.4. The van der Waals surface area contributed by atoms with Gasteiger partial charge >= 0.3 is 0 Å². The molecule has 0 spiro atoms. The van der Waals surface area contributed by atoms with E-state index in [4.69, 9.17) is 0 Å². The minimum atomic E-state index is 0.0482. The van der Waals surface area contributed by atoms with E-state index in [-0.39, 0.29) is 17.7 Å². The van der Waals surface area contributed by atoms with Gasteiger partial charge in [0.25, 0.3) is 5.91 Å². The zero-order valence-corrected chi connectivity index (χ0v) is 13.5. The van der Waals surface area contributed by atoms with Crippen LogP contribution in [0, 0.1) is 5.92 Å². The molecule has 1 saturated heterocycles. The summed E-state index contributed by atoms with van der Waals surface area (Å²) in [5.74, 6) is 0.583. The standard InChI is InChI=1S/C16H19BrN2O2/c17-14-6-2-5-13(11-14)16(21)19-9-7-18(8-10-19)15(20)12-3-1-4-12/h2,5-6,11-12H,1,3-4,7-10H2. The van der Waals surface area contributed by atoms with Crippen LogP contribution in [0.25, 0.3) is 0 Å². The molecule has 21 heavy (non-hydrogen) atoms. The molecule has 1 aliphatic carbocycles. The van der Waals surface area contributed by atoms with Gasteiger partial charge in [-0.15, -0.1) is 0 Å². The SMILES string of the molecule is O=C(c1cccc(Br)c1)N1CCN(C(=O)C2CCC2)CC1. The predicted molar refractivity (Wildman–Crippen MR) is 84.0 cm³/mol. The molecule has 0 unspecified atom stereocenters. The first-order chi connectivity index (χ1) is 10.1. The molecule has 5 heteroatoms. The van der Waals surface area contributed by atoms with Crippen molar-refractivity contribution in [3.63, 3.8) is 0 Å². The van der Waals surface area contributed by atoms with Crippen LogP contribution in [0.2, 0.25) is 0 Å². The van der Waals surface area contributed by atoms with Crippen molar-refractivity contribution < 1.29 is 9.59 Å². The van der Waals surface area contributed by atoms with Gasteiger partial charge in [0, 0.05) is 42.1 Å². The summed E-state index contributed by atoms with van der Waals surface area (Å²) in [6.07, 6.45) is 3.25. The summed E-state index contributed by atoms with van der Waals surface area (Å²) in [5, 5.41) is 0. The van der Waals surface area contributed by atoms with E-state index in [1.54, 1.807) is 0 Å². The molecular formula is C16H19BrN2O2. The highest BCUT2D eigenvalue weighted by molar-refractivity contribution is 9.10. The third-order valence-corrected chi connectivity index (χ3v) is 4.90. The molecule has 1 heterocycles. The van der Waals surface area contributed by atoms with Gasteiger partial charge in [-0.05, 0) is 31.0 Å². The maximum Gasteiger partial charge on any atom is 0.254 e. The first kappa shape index (κ1) is 14.6. The van der Waals surface area contributed by atoms with Gasteiger partial charge in [0.05, 0.1) is 0 Å². The van der Waals surface area contributed by atoms with Crippen molar-refractivity contribution >= 4 is 27.7 Å². The van der Waals surface area contributed by atoms with Crippen LogP contribution in [-0.2, 0) is 4.79 Å². The fourth-order valence-corrected chi connectivity index (χ4v) is 3.25. The van der Waals surface area contributed by atoms with Crippen molar-refractivity contribution in [3.05, 3.63) is 34.3 Å². The Hall–Kier alpha value is -1.36. The Balaban J connectivity index is 1.57. The Kier molecular flexibility index (Phi) is 4.29. The quantitative estimate of drug-likeness (QED) is 0.822. The van der Waals surface area contributed by atoms with E-state index in [0.717, 1.165) is 17.3 Å². The van der Waals surface area contributed by atoms with E-state index in [0.29, 0.717) is 31.7 Å². The first-order valence-corrected chi connectivity index (χ1v) is 8.28. The molecule has 2 amide bonds. The number of hydrogen-bond acceptors (Lipinski definition) is 2. The number of benzene rings is 1. The molecule has 1 saturated carbocycles. The van der Waals surface area contributed by atoms with E-state index in [9.17, 15) is 9.59 Å². The number of carbonyl (C=O) groups excluding carboxylic acids is 2. The monoisotopic (exact) mass is 350 g/mol. The second-order valence-corrected chi connectivity index (χ2v) is 6.67. The summed E-state index contributed by atoms with van der Waals surface area (Å²) in [6, 6.07) is 7.45. The van der Waals surface area contributed by atoms with Crippen molar-refractivity contribution in [1.82, 2.24) is 9.80 Å². The van der Waals surface area contributed by atoms with E-state index >= 15 is 0 Å². The zero-order valence-electron chi connectivity index (χ0n) is 11.9. The molecule has 0 bridgehead atoms. The number of amides is 2. The van der Waals surface area contributed by atoms with Gasteiger partial charge in [-0.1, -0.05) is 28.4 Å². The van der Waals surface area contributed by atoms with Gasteiger partial charge in [0.15, 0.2) is 0 Å². The summed E-state index contributed by atoms with van der Waals surface area (Å²) in [4.78, 5) is 28.4. The van der Waals surface area contributed by atoms with Crippen LogP contribution in [-0.4, -0.2) is 47.8 Å². The Bertz CT molecular complexity index is 549. The largest absolute Gasteiger partial charge is 0.339 e. The van der Waals surface area contributed by atoms with Crippen LogP contribution < -0.4 is 0 Å². The Morgan fingerprint density at radius 2 is 1.71 bits per heavy atom. The minimum Gasteiger partial charge on any atom is -0.339 e. The lowest BCUT2D eigenvalue weighted by molar-refractivity contribution is -0.139. The molecule has 1 aromatic carbocycles. The lowest BCUT2D eigenvalue weighted by atomic mass is 9.84. The maximum absolute atomic E-state index is 12.4. The van der Waals surface area contributed by atoms with Crippen molar-refractivity contribution in [1.29, 1.82) is 0 Å². The summed E-state index contributed by atoms with van der Waals surface area (Å²) in [6.45, 7) is 2.58. The van der Waals surface area contributed by atoms with Crippen molar-refractivity contribution in [3.8, 4) is 0 Å². The lowest BCUT2D eigenvalue weighted by Gasteiger charge is -2.38. The van der Waals surface area contributed by atoms with Crippen molar-refractivity contribution in [2.75, 3.05) is 26.2 Å². The minimum absolute atomic E-state index is 0.0482. The average molecular weight is 351 g/mol. The fourth-order valence-electron chi connectivity index (χ4n) is 2.85. The van der Waals surface area contributed by atoms with E-state index in [1.165, 1.54) is 6.42 Å². The molecule has 1 aliphatic heterocycles. The first-order valence-electron chi connectivity index (χ1n) is 7.49. The number of piperazine rings is 1. The summed E-state index contributed by atoms with van der Waals surface area (Å²) in [7, 11) is 0. The molecule has 2 fully saturated rings. The summed E-state index contributed by atoms with van der Waals surface area (Å²) < 4.78 is 0.909. The number of hydrogen-bond donors (Lipinski definition) is 0. The second kappa shape index (κ2) is 6.18. The molecule has 0 atom stereocenters. The predicted octanol–water partition coefficient (Wildman–Crippen LogP) is 2.53. The van der Waals surface area contributed by atoms with E-state index in [1.807, 2.05) is 34.1 Å². The van der Waals surface area contributed by atoms with Crippen LogP contribution in [0.1, 0.15) is 29.6 Å². The zero-order chi connectivity index (χ0) is 14.8. The highest BCUT2D eigenvalue weighted by Crippen LogP contribution is 2.28. The Morgan fingerprint density at radius 1 is 1.05 bits per heavy atom. The Morgan fingerprint density at radius 3 is 2.29 bits per heavy atom. The van der Waals surface area contributed by atoms with Gasteiger partial charge in [-0.3, -0.25) is 9.59 Å². The van der Waals surface area contributed by atoms with Crippen LogP contribution in [0.5, 0.6) is 0 Å². The fraction of sp³-hybridized carbons (Fsp3) is 0.500. The highest BCUT2D eigenvalue weighted by Gasteiger charge is 2.32. The topological polar surface area (TPSA) is 40.6 Å². The summed E-state index contributed by atoms with van der Waals surface area (Å²) in [5.41, 5.74) is 0.697. The van der Waals surface area contributed by atoms with Crippen LogP contribution >= 0.6 is 15.9 Å².